The van der Waals surface area contributed by atoms with Crippen LogP contribution in [0, 0.1) is 0 Å². The van der Waals surface area contributed by atoms with Crippen molar-refractivity contribution in [2.75, 3.05) is 40.3 Å². The first-order valence-corrected chi connectivity index (χ1v) is 7.49. The van der Waals surface area contributed by atoms with Gasteiger partial charge in [-0.2, -0.15) is 0 Å². The van der Waals surface area contributed by atoms with Crippen molar-refractivity contribution >= 4 is 0 Å². The monoisotopic (exact) mass is 277 g/mol. The summed E-state index contributed by atoms with van der Waals surface area (Å²) < 4.78 is 5.50. The Kier molecular flexibility index (Phi) is 5.40. The van der Waals surface area contributed by atoms with Crippen LogP contribution in [-0.4, -0.2) is 56.2 Å². The molecule has 2 rings (SSSR count). The number of ether oxygens (including phenoxy) is 1. The normalized spacial score (nSPS) is 21.4. The van der Waals surface area contributed by atoms with E-state index in [2.05, 4.69) is 36.0 Å². The highest BCUT2D eigenvalue weighted by atomic mass is 16.5. The molecule has 4 heteroatoms. The van der Waals surface area contributed by atoms with Gasteiger partial charge in [-0.3, -0.25) is 4.90 Å². The molecule has 1 fully saturated rings. The van der Waals surface area contributed by atoms with E-state index in [1.165, 1.54) is 12.0 Å². The molecule has 0 bridgehead atoms. The molecule has 1 aromatic rings. The Morgan fingerprint density at radius 2 is 2.05 bits per heavy atom. The van der Waals surface area contributed by atoms with E-state index < -0.39 is 0 Å². The fourth-order valence-electron chi connectivity index (χ4n) is 2.92. The topological polar surface area (TPSA) is 41.7 Å². The third-order valence-electron chi connectivity index (χ3n) is 4.17. The van der Waals surface area contributed by atoms with Crippen LogP contribution in [0.15, 0.2) is 24.3 Å². The van der Waals surface area contributed by atoms with Gasteiger partial charge in [0.15, 0.2) is 0 Å². The van der Waals surface area contributed by atoms with E-state index in [-0.39, 0.29) is 0 Å². The van der Waals surface area contributed by atoms with Crippen LogP contribution in [0.3, 0.4) is 0 Å². The lowest BCUT2D eigenvalue weighted by Crippen LogP contribution is -2.36. The van der Waals surface area contributed by atoms with Crippen molar-refractivity contribution in [2.45, 2.75) is 25.4 Å². The molecule has 0 aliphatic carbocycles. The smallest absolute Gasteiger partial charge is 0.119 e. The Labute approximate surface area is 122 Å². The molecule has 2 atom stereocenters. The van der Waals surface area contributed by atoms with Crippen molar-refractivity contribution in [3.63, 3.8) is 0 Å². The number of nitrogens with zero attached hydrogens (tertiary/aromatic N) is 2. The van der Waals surface area contributed by atoms with Crippen LogP contribution in [0.2, 0.25) is 0 Å². The second kappa shape index (κ2) is 7.07. The van der Waals surface area contributed by atoms with E-state index in [1.807, 2.05) is 19.1 Å². The number of hydrogen-bond donors (Lipinski definition) is 1. The molecule has 0 saturated carbocycles. The largest absolute Gasteiger partial charge is 0.494 e. The first kappa shape index (κ1) is 15.3. The molecule has 2 unspecified atom stereocenters. The average molecular weight is 277 g/mol. The molecule has 112 valence electrons. The summed E-state index contributed by atoms with van der Waals surface area (Å²) in [5, 5.41) is 0. The third-order valence-corrected chi connectivity index (χ3v) is 4.17. The Hall–Kier alpha value is -1.10. The SMILES string of the molecule is CCOc1ccc(C(CN)N2CCC(N(C)C)C2)cc1. The summed E-state index contributed by atoms with van der Waals surface area (Å²) >= 11 is 0. The lowest BCUT2D eigenvalue weighted by atomic mass is 10.1. The zero-order valence-electron chi connectivity index (χ0n) is 12.9. The molecule has 1 aliphatic rings. The maximum absolute atomic E-state index is 6.02. The van der Waals surface area contributed by atoms with E-state index in [0.29, 0.717) is 25.2 Å². The van der Waals surface area contributed by atoms with Gasteiger partial charge in [-0.1, -0.05) is 12.1 Å². The summed E-state index contributed by atoms with van der Waals surface area (Å²) in [4.78, 5) is 4.81. The Morgan fingerprint density at radius 3 is 2.55 bits per heavy atom. The number of likely N-dealkylation sites (tertiary alicyclic amines) is 1. The summed E-state index contributed by atoms with van der Waals surface area (Å²) in [7, 11) is 4.31. The molecule has 20 heavy (non-hydrogen) atoms. The summed E-state index contributed by atoms with van der Waals surface area (Å²) in [6.07, 6.45) is 1.22. The standard InChI is InChI=1S/C16H27N3O/c1-4-20-15-7-5-13(6-8-15)16(11-17)19-10-9-14(12-19)18(2)3/h5-8,14,16H,4,9-12,17H2,1-3H3. The quantitative estimate of drug-likeness (QED) is 0.860. The molecule has 1 aliphatic heterocycles. The maximum atomic E-state index is 6.02. The van der Waals surface area contributed by atoms with Crippen molar-refractivity contribution in [1.82, 2.24) is 9.80 Å². The molecule has 0 radical (unpaired) electrons. The predicted octanol–water partition coefficient (Wildman–Crippen LogP) is 1.72. The number of likely N-dealkylation sites (N-methyl/N-ethyl adjacent to an activating group) is 1. The van der Waals surface area contributed by atoms with Gasteiger partial charge in [-0.05, 0) is 45.1 Å². The van der Waals surface area contributed by atoms with Gasteiger partial charge in [0.2, 0.25) is 0 Å². The zero-order valence-corrected chi connectivity index (χ0v) is 12.9. The molecule has 4 nitrogen and oxygen atoms in total. The Morgan fingerprint density at radius 1 is 1.35 bits per heavy atom. The highest BCUT2D eigenvalue weighted by Gasteiger charge is 2.29. The lowest BCUT2D eigenvalue weighted by molar-refractivity contribution is 0.220. The lowest BCUT2D eigenvalue weighted by Gasteiger charge is -2.28. The predicted molar refractivity (Wildman–Crippen MR) is 83.1 cm³/mol. The van der Waals surface area contributed by atoms with E-state index in [1.54, 1.807) is 0 Å². The summed E-state index contributed by atoms with van der Waals surface area (Å²) in [6.45, 7) is 5.59. The van der Waals surface area contributed by atoms with Crippen molar-refractivity contribution in [2.24, 2.45) is 5.73 Å². The summed E-state index contributed by atoms with van der Waals surface area (Å²) in [5.74, 6) is 0.930. The minimum absolute atomic E-state index is 0.315. The van der Waals surface area contributed by atoms with Gasteiger partial charge in [0.25, 0.3) is 0 Å². The van der Waals surface area contributed by atoms with Crippen LogP contribution < -0.4 is 10.5 Å². The van der Waals surface area contributed by atoms with Gasteiger partial charge in [0.05, 0.1) is 6.61 Å². The van der Waals surface area contributed by atoms with Crippen LogP contribution in [0.1, 0.15) is 24.9 Å². The van der Waals surface area contributed by atoms with Crippen molar-refractivity contribution in [3.05, 3.63) is 29.8 Å². The van der Waals surface area contributed by atoms with E-state index >= 15 is 0 Å². The Balaban J connectivity index is 2.04. The Bertz CT molecular complexity index is 405. The van der Waals surface area contributed by atoms with Crippen molar-refractivity contribution < 1.29 is 4.74 Å². The summed E-state index contributed by atoms with van der Waals surface area (Å²) in [6, 6.07) is 9.33. The van der Waals surface area contributed by atoms with Gasteiger partial charge in [0, 0.05) is 31.7 Å². The fourth-order valence-corrected chi connectivity index (χ4v) is 2.92. The van der Waals surface area contributed by atoms with Gasteiger partial charge < -0.3 is 15.4 Å². The number of nitrogens with two attached hydrogens (primary N) is 1. The van der Waals surface area contributed by atoms with Crippen LogP contribution in [0.25, 0.3) is 0 Å². The van der Waals surface area contributed by atoms with Gasteiger partial charge >= 0.3 is 0 Å². The highest BCUT2D eigenvalue weighted by molar-refractivity contribution is 5.29. The molecule has 0 aromatic heterocycles. The van der Waals surface area contributed by atoms with Crippen molar-refractivity contribution in [1.29, 1.82) is 0 Å². The maximum Gasteiger partial charge on any atom is 0.119 e. The molecule has 1 aromatic carbocycles. The number of hydrogen-bond acceptors (Lipinski definition) is 4. The summed E-state index contributed by atoms with van der Waals surface area (Å²) in [5.41, 5.74) is 7.30. The number of rotatable bonds is 6. The first-order chi connectivity index (χ1) is 9.65. The van der Waals surface area contributed by atoms with Crippen LogP contribution in [-0.2, 0) is 0 Å². The van der Waals surface area contributed by atoms with E-state index in [4.69, 9.17) is 10.5 Å². The molecule has 1 saturated heterocycles. The van der Waals surface area contributed by atoms with Gasteiger partial charge in [-0.25, -0.2) is 0 Å². The van der Waals surface area contributed by atoms with Gasteiger partial charge in [0.1, 0.15) is 5.75 Å². The minimum Gasteiger partial charge on any atom is -0.494 e. The van der Waals surface area contributed by atoms with E-state index in [9.17, 15) is 0 Å². The molecule has 0 amide bonds. The highest BCUT2D eigenvalue weighted by Crippen LogP contribution is 2.27. The second-order valence-corrected chi connectivity index (χ2v) is 5.65. The van der Waals surface area contributed by atoms with Crippen LogP contribution in [0.5, 0.6) is 5.75 Å². The molecule has 0 spiro atoms. The van der Waals surface area contributed by atoms with Crippen molar-refractivity contribution in [3.8, 4) is 5.75 Å². The zero-order chi connectivity index (χ0) is 14.5. The average Bonchev–Trinajstić information content (AvgIpc) is 2.92. The van der Waals surface area contributed by atoms with E-state index in [0.717, 1.165) is 18.8 Å². The van der Waals surface area contributed by atoms with Gasteiger partial charge in [-0.15, -0.1) is 0 Å². The molecular weight excluding hydrogens is 250 g/mol. The molecular formula is C16H27N3O. The fraction of sp³-hybridized carbons (Fsp3) is 0.625. The third kappa shape index (κ3) is 3.51. The molecule has 2 N–H and O–H groups in total. The number of benzene rings is 1. The van der Waals surface area contributed by atoms with Crippen LogP contribution in [0.4, 0.5) is 0 Å². The first-order valence-electron chi connectivity index (χ1n) is 7.49. The second-order valence-electron chi connectivity index (χ2n) is 5.65. The minimum atomic E-state index is 0.315. The molecule has 1 heterocycles. The van der Waals surface area contributed by atoms with Crippen LogP contribution >= 0.6 is 0 Å².